The minimum atomic E-state index is -3.91. The summed E-state index contributed by atoms with van der Waals surface area (Å²) in [4.78, 5) is 0. The Hall–Kier alpha value is -0.970. The monoisotopic (exact) mass is 323 g/mol. The molecule has 2 heterocycles. The van der Waals surface area contributed by atoms with Gasteiger partial charge in [0.2, 0.25) is 10.0 Å². The van der Waals surface area contributed by atoms with Gasteiger partial charge in [0.15, 0.2) is 4.21 Å². The smallest absolute Gasteiger partial charge is 0.224 e. The summed E-state index contributed by atoms with van der Waals surface area (Å²) in [5.74, 6) is 0.103. The van der Waals surface area contributed by atoms with Crippen LogP contribution in [-0.4, -0.2) is 34.0 Å². The molecule has 1 aromatic rings. The molecule has 10 heteroatoms. The second-order valence-electron chi connectivity index (χ2n) is 4.50. The maximum atomic E-state index is 12.3. The molecule has 2 N–H and O–H groups in total. The Morgan fingerprint density at radius 3 is 2.63 bits per heavy atom. The van der Waals surface area contributed by atoms with Gasteiger partial charge in [-0.25, -0.2) is 13.6 Å². The first-order valence-electron chi connectivity index (χ1n) is 5.35. The van der Waals surface area contributed by atoms with Crippen LogP contribution < -0.4 is 5.14 Å². The Balaban J connectivity index is 2.53. The molecule has 1 aliphatic rings. The van der Waals surface area contributed by atoms with Crippen molar-refractivity contribution in [2.45, 2.75) is 22.3 Å². The molecular formula is C9H13N3O4S3. The second kappa shape index (κ2) is 4.54. The molecule has 0 fully saturated rings. The van der Waals surface area contributed by atoms with Crippen molar-refractivity contribution in [2.24, 2.45) is 16.2 Å². The van der Waals surface area contributed by atoms with Crippen molar-refractivity contribution in [3.8, 4) is 0 Å². The van der Waals surface area contributed by atoms with E-state index in [1.807, 2.05) is 13.8 Å². The van der Waals surface area contributed by atoms with Gasteiger partial charge in [-0.05, 0) is 12.0 Å². The van der Waals surface area contributed by atoms with Gasteiger partial charge in [-0.15, -0.1) is 11.3 Å². The van der Waals surface area contributed by atoms with Crippen molar-refractivity contribution in [1.29, 1.82) is 0 Å². The van der Waals surface area contributed by atoms with E-state index in [-0.39, 0.29) is 26.4 Å². The first kappa shape index (κ1) is 14.4. The Labute approximate surface area is 115 Å². The number of hydrogen-bond donors (Lipinski definition) is 1. The Bertz CT molecular complexity index is 731. The van der Waals surface area contributed by atoms with Crippen LogP contribution in [0.3, 0.4) is 0 Å². The number of nitrogens with two attached hydrogens (primary N) is 1. The molecule has 1 aliphatic heterocycles. The molecule has 0 saturated heterocycles. The van der Waals surface area contributed by atoms with Crippen LogP contribution in [0, 0.1) is 5.92 Å². The van der Waals surface area contributed by atoms with Crippen LogP contribution in [0.1, 0.15) is 19.4 Å². The largest absolute Gasteiger partial charge is 0.289 e. The molecule has 0 aliphatic carbocycles. The van der Waals surface area contributed by atoms with E-state index in [2.05, 4.69) is 5.10 Å². The molecule has 0 aromatic carbocycles. The topological polar surface area (TPSA) is 110 Å². The molecule has 0 spiro atoms. The molecular weight excluding hydrogens is 310 g/mol. The van der Waals surface area contributed by atoms with Crippen molar-refractivity contribution >= 4 is 37.6 Å². The summed E-state index contributed by atoms with van der Waals surface area (Å²) >= 11 is 0.646. The van der Waals surface area contributed by atoms with E-state index in [9.17, 15) is 16.8 Å². The van der Waals surface area contributed by atoms with Crippen LogP contribution in [0.5, 0.6) is 0 Å². The number of primary sulfonamides is 1. The van der Waals surface area contributed by atoms with Gasteiger partial charge in [-0.3, -0.25) is 0 Å². The zero-order valence-electron chi connectivity index (χ0n) is 10.3. The van der Waals surface area contributed by atoms with E-state index in [0.29, 0.717) is 11.3 Å². The number of thiophene rings is 1. The fraction of sp³-hybridized carbons (Fsp3) is 0.444. The van der Waals surface area contributed by atoms with Gasteiger partial charge in [0.05, 0.1) is 12.8 Å². The summed E-state index contributed by atoms with van der Waals surface area (Å²) in [5, 5.41) is 8.85. The number of hydrogen-bond acceptors (Lipinski definition) is 6. The first-order chi connectivity index (χ1) is 8.62. The van der Waals surface area contributed by atoms with Gasteiger partial charge in [-0.2, -0.15) is 17.9 Å². The van der Waals surface area contributed by atoms with Gasteiger partial charge in [0.25, 0.3) is 10.0 Å². The molecule has 0 bridgehead atoms. The quantitative estimate of drug-likeness (QED) is 0.867. The lowest BCUT2D eigenvalue weighted by Crippen LogP contribution is -2.32. The third-order valence-electron chi connectivity index (χ3n) is 2.34. The fourth-order valence-corrected chi connectivity index (χ4v) is 5.52. The van der Waals surface area contributed by atoms with Gasteiger partial charge in [0.1, 0.15) is 4.21 Å². The normalized spacial score (nSPS) is 17.8. The maximum Gasteiger partial charge on any atom is 0.289 e. The first-order valence-corrected chi connectivity index (χ1v) is 9.16. The SMILES string of the molecule is CC(C)CN1N=Cc2cc(S(N)(=O)=O)sc2S1(=O)=O. The minimum Gasteiger partial charge on any atom is -0.224 e. The summed E-state index contributed by atoms with van der Waals surface area (Å²) in [5.41, 5.74) is 0.258. The van der Waals surface area contributed by atoms with Crippen molar-refractivity contribution in [3.63, 3.8) is 0 Å². The number of fused-ring (bicyclic) bond motifs is 1. The highest BCUT2D eigenvalue weighted by Crippen LogP contribution is 2.33. The highest BCUT2D eigenvalue weighted by Gasteiger charge is 2.33. The van der Waals surface area contributed by atoms with Crippen molar-refractivity contribution in [1.82, 2.24) is 4.41 Å². The predicted octanol–water partition coefficient (Wildman–Crippen LogP) is 0.390. The van der Waals surface area contributed by atoms with E-state index in [1.54, 1.807) is 0 Å². The predicted molar refractivity (Wildman–Crippen MR) is 72.0 cm³/mol. The molecule has 2 rings (SSSR count). The second-order valence-corrected chi connectivity index (χ2v) is 9.38. The summed E-state index contributed by atoms with van der Waals surface area (Å²) in [7, 11) is -7.70. The Morgan fingerprint density at radius 2 is 2.11 bits per heavy atom. The van der Waals surface area contributed by atoms with Gasteiger partial charge >= 0.3 is 0 Å². The highest BCUT2D eigenvalue weighted by molar-refractivity contribution is 7.94. The number of nitrogens with zero attached hydrogens (tertiary/aromatic N) is 2. The lowest BCUT2D eigenvalue weighted by Gasteiger charge is -2.22. The molecule has 1 aromatic heterocycles. The van der Waals surface area contributed by atoms with Gasteiger partial charge < -0.3 is 0 Å². The summed E-state index contributed by atoms with van der Waals surface area (Å²) < 4.78 is 47.8. The van der Waals surface area contributed by atoms with Crippen LogP contribution in [-0.2, 0) is 20.0 Å². The van der Waals surface area contributed by atoms with E-state index in [0.717, 1.165) is 4.41 Å². The summed E-state index contributed by atoms with van der Waals surface area (Å²) in [6.45, 7) is 3.97. The van der Waals surface area contributed by atoms with Crippen molar-refractivity contribution in [3.05, 3.63) is 11.6 Å². The van der Waals surface area contributed by atoms with Crippen LogP contribution in [0.25, 0.3) is 0 Å². The van der Waals surface area contributed by atoms with Crippen LogP contribution >= 0.6 is 11.3 Å². The van der Waals surface area contributed by atoms with Gasteiger partial charge in [0, 0.05) is 5.56 Å². The fourth-order valence-electron chi connectivity index (χ4n) is 1.54. The zero-order valence-corrected chi connectivity index (χ0v) is 12.7. The minimum absolute atomic E-state index is 0.0350. The van der Waals surface area contributed by atoms with Gasteiger partial charge in [-0.1, -0.05) is 13.8 Å². The average Bonchev–Trinajstić information content (AvgIpc) is 2.66. The highest BCUT2D eigenvalue weighted by atomic mass is 32.3. The van der Waals surface area contributed by atoms with E-state index in [1.165, 1.54) is 12.3 Å². The van der Waals surface area contributed by atoms with Crippen molar-refractivity contribution < 1.29 is 16.8 Å². The molecule has 0 saturated carbocycles. The van der Waals surface area contributed by atoms with Crippen LogP contribution in [0.2, 0.25) is 0 Å². The van der Waals surface area contributed by atoms with Crippen molar-refractivity contribution in [2.75, 3.05) is 6.54 Å². The van der Waals surface area contributed by atoms with Crippen LogP contribution in [0.15, 0.2) is 19.6 Å². The Kier molecular flexibility index (Phi) is 3.45. The summed E-state index contributed by atoms with van der Waals surface area (Å²) in [6.07, 6.45) is 1.34. The van der Waals surface area contributed by atoms with E-state index < -0.39 is 20.0 Å². The summed E-state index contributed by atoms with van der Waals surface area (Å²) in [6, 6.07) is 1.23. The molecule has 106 valence electrons. The molecule has 19 heavy (non-hydrogen) atoms. The molecule has 0 unspecified atom stereocenters. The van der Waals surface area contributed by atoms with Crippen LogP contribution in [0.4, 0.5) is 0 Å². The zero-order chi connectivity index (χ0) is 14.4. The molecule has 0 radical (unpaired) electrons. The van der Waals surface area contributed by atoms with E-state index >= 15 is 0 Å². The maximum absolute atomic E-state index is 12.3. The lowest BCUT2D eigenvalue weighted by molar-refractivity contribution is 0.382. The third kappa shape index (κ3) is 2.66. The average molecular weight is 323 g/mol. The molecule has 7 nitrogen and oxygen atoms in total. The number of rotatable bonds is 3. The standard InChI is InChI=1S/C9H13N3O4S3/c1-6(2)5-12-11-4-7-3-8(18(10,13)14)17-9(7)19(12,15)16/h3-4,6H,5H2,1-2H3,(H2,10,13,14). The Morgan fingerprint density at radius 1 is 1.47 bits per heavy atom. The lowest BCUT2D eigenvalue weighted by atomic mass is 10.2. The molecule has 0 amide bonds. The third-order valence-corrected chi connectivity index (χ3v) is 7.09. The number of sulfonamides is 2. The molecule has 0 atom stereocenters. The van der Waals surface area contributed by atoms with E-state index in [4.69, 9.17) is 5.14 Å². The number of hydrazone groups is 1.